The summed E-state index contributed by atoms with van der Waals surface area (Å²) in [5, 5.41) is 3.83. The van der Waals surface area contributed by atoms with Crippen molar-refractivity contribution in [3.63, 3.8) is 0 Å². The van der Waals surface area contributed by atoms with Crippen LogP contribution in [0.25, 0.3) is 0 Å². The normalized spacial score (nSPS) is 14.7. The number of nitrogens with zero attached hydrogens (tertiary/aromatic N) is 2. The molecular formula is C7H12N2OS2. The van der Waals surface area contributed by atoms with Gasteiger partial charge in [0, 0.05) is 4.75 Å². The van der Waals surface area contributed by atoms with Gasteiger partial charge in [-0.3, -0.25) is 4.21 Å². The van der Waals surface area contributed by atoms with Gasteiger partial charge in [0.2, 0.25) is 0 Å². The zero-order chi connectivity index (χ0) is 9.35. The number of aromatic nitrogens is 2. The standard InChI is InChI=1S/C7H12N2OS2/c1-5-6(11-9-8-5)12(10)7(2,3)4/h1-4H3. The summed E-state index contributed by atoms with van der Waals surface area (Å²) >= 11 is 1.22. The first-order valence-corrected chi connectivity index (χ1v) is 5.56. The molecule has 0 saturated carbocycles. The van der Waals surface area contributed by atoms with E-state index in [-0.39, 0.29) is 4.75 Å². The summed E-state index contributed by atoms with van der Waals surface area (Å²) in [4.78, 5) is 0. The second-order valence-electron chi connectivity index (χ2n) is 3.53. The Balaban J connectivity index is 3.01. The Morgan fingerprint density at radius 1 is 1.42 bits per heavy atom. The van der Waals surface area contributed by atoms with Gasteiger partial charge in [-0.25, -0.2) is 0 Å². The maximum atomic E-state index is 11.8. The van der Waals surface area contributed by atoms with E-state index in [1.165, 1.54) is 11.5 Å². The lowest BCUT2D eigenvalue weighted by Crippen LogP contribution is -2.21. The molecule has 1 rings (SSSR count). The van der Waals surface area contributed by atoms with E-state index >= 15 is 0 Å². The highest BCUT2D eigenvalue weighted by atomic mass is 32.2. The van der Waals surface area contributed by atoms with Crippen LogP contribution in [-0.2, 0) is 10.8 Å². The van der Waals surface area contributed by atoms with Gasteiger partial charge >= 0.3 is 0 Å². The molecule has 0 radical (unpaired) electrons. The van der Waals surface area contributed by atoms with Crippen LogP contribution in [0, 0.1) is 6.92 Å². The van der Waals surface area contributed by atoms with Crippen molar-refractivity contribution in [3.8, 4) is 0 Å². The molecule has 0 bridgehead atoms. The van der Waals surface area contributed by atoms with E-state index in [0.717, 1.165) is 9.90 Å². The predicted molar refractivity (Wildman–Crippen MR) is 50.8 cm³/mol. The van der Waals surface area contributed by atoms with Crippen LogP contribution < -0.4 is 0 Å². The van der Waals surface area contributed by atoms with Gasteiger partial charge in [-0.15, -0.1) is 5.10 Å². The van der Waals surface area contributed by atoms with E-state index in [9.17, 15) is 4.21 Å². The molecule has 1 unspecified atom stereocenters. The highest BCUT2D eigenvalue weighted by molar-refractivity contribution is 7.88. The van der Waals surface area contributed by atoms with Crippen LogP contribution >= 0.6 is 11.5 Å². The second-order valence-corrected chi connectivity index (χ2v) is 6.71. The van der Waals surface area contributed by atoms with E-state index in [1.807, 2.05) is 27.7 Å². The lowest BCUT2D eigenvalue weighted by atomic mass is 10.3. The molecule has 5 heteroatoms. The Morgan fingerprint density at radius 2 is 2.00 bits per heavy atom. The maximum absolute atomic E-state index is 11.8. The van der Waals surface area contributed by atoms with Crippen molar-refractivity contribution in [2.45, 2.75) is 36.7 Å². The van der Waals surface area contributed by atoms with Gasteiger partial charge in [0.25, 0.3) is 0 Å². The molecule has 1 aromatic heterocycles. The third kappa shape index (κ3) is 1.90. The molecule has 1 aromatic rings. The summed E-state index contributed by atoms with van der Waals surface area (Å²) < 4.78 is 16.1. The van der Waals surface area contributed by atoms with E-state index in [4.69, 9.17) is 0 Å². The SMILES string of the molecule is Cc1nnsc1S(=O)C(C)(C)C. The van der Waals surface area contributed by atoms with Crippen LogP contribution in [0.1, 0.15) is 26.5 Å². The van der Waals surface area contributed by atoms with Crippen molar-refractivity contribution < 1.29 is 4.21 Å². The molecule has 0 spiro atoms. The van der Waals surface area contributed by atoms with Gasteiger partial charge in [0.1, 0.15) is 4.21 Å². The van der Waals surface area contributed by atoms with Crippen LogP contribution in [0.4, 0.5) is 0 Å². The minimum atomic E-state index is -0.988. The highest BCUT2D eigenvalue weighted by Crippen LogP contribution is 2.24. The minimum Gasteiger partial charge on any atom is -0.253 e. The Kier molecular flexibility index (Phi) is 2.63. The van der Waals surface area contributed by atoms with E-state index in [1.54, 1.807) is 0 Å². The molecule has 0 fully saturated rings. The zero-order valence-electron chi connectivity index (χ0n) is 7.62. The lowest BCUT2D eigenvalue weighted by Gasteiger charge is -2.15. The van der Waals surface area contributed by atoms with Crippen LogP contribution in [0.3, 0.4) is 0 Å². The van der Waals surface area contributed by atoms with Crippen molar-refractivity contribution in [2.75, 3.05) is 0 Å². The summed E-state index contributed by atoms with van der Waals surface area (Å²) in [6.07, 6.45) is 0. The smallest absolute Gasteiger partial charge is 0.135 e. The molecule has 1 atom stereocenters. The highest BCUT2D eigenvalue weighted by Gasteiger charge is 2.24. The molecule has 12 heavy (non-hydrogen) atoms. The Bertz CT molecular complexity index is 301. The van der Waals surface area contributed by atoms with E-state index < -0.39 is 10.8 Å². The van der Waals surface area contributed by atoms with E-state index in [0.29, 0.717) is 0 Å². The first-order chi connectivity index (χ1) is 5.43. The number of hydrogen-bond donors (Lipinski definition) is 0. The van der Waals surface area contributed by atoms with Crippen LogP contribution in [0.2, 0.25) is 0 Å². The van der Waals surface area contributed by atoms with Gasteiger partial charge in [-0.2, -0.15) is 0 Å². The number of aryl methyl sites for hydroxylation is 1. The van der Waals surface area contributed by atoms with Crippen molar-refractivity contribution in [1.29, 1.82) is 0 Å². The summed E-state index contributed by atoms with van der Waals surface area (Å²) in [5.41, 5.74) is 0.785. The Morgan fingerprint density at radius 3 is 2.33 bits per heavy atom. The maximum Gasteiger partial charge on any atom is 0.135 e. The molecule has 0 aliphatic rings. The fraction of sp³-hybridized carbons (Fsp3) is 0.714. The first kappa shape index (κ1) is 9.80. The van der Waals surface area contributed by atoms with Gasteiger partial charge in [0.05, 0.1) is 16.5 Å². The monoisotopic (exact) mass is 204 g/mol. The number of hydrogen-bond acceptors (Lipinski definition) is 4. The molecule has 0 amide bonds. The Labute approximate surface area is 78.8 Å². The molecule has 0 saturated heterocycles. The van der Waals surface area contributed by atoms with E-state index in [2.05, 4.69) is 9.59 Å². The van der Waals surface area contributed by atoms with Crippen LogP contribution in [0.5, 0.6) is 0 Å². The molecule has 68 valence electrons. The largest absolute Gasteiger partial charge is 0.253 e. The summed E-state index contributed by atoms with van der Waals surface area (Å²) in [6.45, 7) is 7.68. The van der Waals surface area contributed by atoms with Crippen LogP contribution in [-0.4, -0.2) is 18.5 Å². The summed E-state index contributed by atoms with van der Waals surface area (Å²) in [7, 11) is -0.988. The topological polar surface area (TPSA) is 42.9 Å². The van der Waals surface area contributed by atoms with Crippen molar-refractivity contribution in [2.24, 2.45) is 0 Å². The average molecular weight is 204 g/mol. The summed E-state index contributed by atoms with van der Waals surface area (Å²) in [5.74, 6) is 0. The first-order valence-electron chi connectivity index (χ1n) is 3.64. The van der Waals surface area contributed by atoms with Gasteiger partial charge in [0.15, 0.2) is 0 Å². The Hall–Kier alpha value is -0.290. The van der Waals surface area contributed by atoms with Gasteiger partial charge in [-0.1, -0.05) is 4.49 Å². The minimum absolute atomic E-state index is 0.223. The molecule has 3 nitrogen and oxygen atoms in total. The molecule has 0 N–H and O–H groups in total. The molecule has 1 heterocycles. The average Bonchev–Trinajstić information content (AvgIpc) is 2.31. The molecule has 0 aliphatic heterocycles. The fourth-order valence-electron chi connectivity index (χ4n) is 0.672. The number of rotatable bonds is 1. The lowest BCUT2D eigenvalue weighted by molar-refractivity contribution is 0.650. The van der Waals surface area contributed by atoms with Crippen molar-refractivity contribution >= 4 is 22.3 Å². The second kappa shape index (κ2) is 3.22. The molecule has 0 aromatic carbocycles. The molecular weight excluding hydrogens is 192 g/mol. The molecule has 0 aliphatic carbocycles. The van der Waals surface area contributed by atoms with Gasteiger partial charge < -0.3 is 0 Å². The third-order valence-electron chi connectivity index (χ3n) is 1.33. The van der Waals surface area contributed by atoms with Crippen LogP contribution in [0.15, 0.2) is 4.21 Å². The predicted octanol–water partition coefficient (Wildman–Crippen LogP) is 1.75. The van der Waals surface area contributed by atoms with Crippen molar-refractivity contribution in [3.05, 3.63) is 5.69 Å². The summed E-state index contributed by atoms with van der Waals surface area (Å²) in [6, 6.07) is 0. The van der Waals surface area contributed by atoms with Gasteiger partial charge in [-0.05, 0) is 39.2 Å². The third-order valence-corrected chi connectivity index (χ3v) is 4.38. The fourth-order valence-corrected chi connectivity index (χ4v) is 3.07. The quantitative estimate of drug-likeness (QED) is 0.700. The van der Waals surface area contributed by atoms with Crippen molar-refractivity contribution in [1.82, 2.24) is 9.59 Å². The zero-order valence-corrected chi connectivity index (χ0v) is 9.25.